The predicted molar refractivity (Wildman–Crippen MR) is 134 cm³/mol. The Labute approximate surface area is 211 Å². The average Bonchev–Trinajstić information content (AvgIpc) is 2.84. The zero-order valence-electron chi connectivity index (χ0n) is 19.7. The Morgan fingerprint density at radius 2 is 1.05 bits per heavy atom. The second kappa shape index (κ2) is 7.94. The molecule has 0 fully saturated rings. The van der Waals surface area contributed by atoms with E-state index in [4.69, 9.17) is 0 Å². The van der Waals surface area contributed by atoms with E-state index < -0.39 is 23.4 Å². The summed E-state index contributed by atoms with van der Waals surface area (Å²) in [7, 11) is 0. The third kappa shape index (κ3) is 3.11. The van der Waals surface area contributed by atoms with Crippen LogP contribution in [0.15, 0.2) is 60.7 Å². The summed E-state index contributed by atoms with van der Waals surface area (Å²) in [6.07, 6.45) is 0. The number of carbonyl (C=O) groups excluding carboxylic acids is 2. The van der Waals surface area contributed by atoms with Gasteiger partial charge < -0.3 is 25.5 Å². The maximum atomic E-state index is 13.6. The molecule has 7 nitrogen and oxygen atoms in total. The van der Waals surface area contributed by atoms with E-state index in [1.54, 1.807) is 43.3 Å². The SMILES string of the molecule is Cc1cc(O)c2c(c1)[C@H]([C@@H]1c3cccc(O)c3C(=O)c3c(O)cc(CO)cc31)c1cccc(O)c1C2=O. The Kier molecular flexibility index (Phi) is 4.90. The molecule has 0 aromatic heterocycles. The quantitative estimate of drug-likeness (QED) is 0.279. The van der Waals surface area contributed by atoms with Gasteiger partial charge in [-0.3, -0.25) is 9.59 Å². The summed E-state index contributed by atoms with van der Waals surface area (Å²) < 4.78 is 0. The van der Waals surface area contributed by atoms with Crippen molar-refractivity contribution in [3.05, 3.63) is 116 Å². The van der Waals surface area contributed by atoms with Crippen molar-refractivity contribution in [2.24, 2.45) is 0 Å². The van der Waals surface area contributed by atoms with Crippen molar-refractivity contribution in [3.63, 3.8) is 0 Å². The molecule has 184 valence electrons. The molecule has 37 heavy (non-hydrogen) atoms. The number of carbonyl (C=O) groups is 2. The number of hydrogen-bond acceptors (Lipinski definition) is 7. The highest BCUT2D eigenvalue weighted by molar-refractivity contribution is 6.18. The first kappa shape index (κ1) is 22.8. The molecule has 2 aliphatic rings. The highest BCUT2D eigenvalue weighted by Gasteiger charge is 2.45. The lowest BCUT2D eigenvalue weighted by atomic mass is 9.63. The number of rotatable bonds is 2. The number of aromatic hydroxyl groups is 4. The third-order valence-corrected chi connectivity index (χ3v) is 7.41. The second-order valence-electron chi connectivity index (χ2n) is 9.58. The van der Waals surface area contributed by atoms with Gasteiger partial charge in [0.05, 0.1) is 28.9 Å². The number of aliphatic hydroxyl groups excluding tert-OH is 1. The number of benzene rings is 4. The van der Waals surface area contributed by atoms with Gasteiger partial charge in [0.2, 0.25) is 11.6 Å². The number of aliphatic hydroxyl groups is 1. The molecule has 0 heterocycles. The minimum Gasteiger partial charge on any atom is -0.507 e. The van der Waals surface area contributed by atoms with E-state index in [0.29, 0.717) is 33.4 Å². The lowest BCUT2D eigenvalue weighted by Crippen LogP contribution is -2.29. The van der Waals surface area contributed by atoms with Crippen LogP contribution in [0.4, 0.5) is 0 Å². The van der Waals surface area contributed by atoms with Crippen LogP contribution in [0.2, 0.25) is 0 Å². The summed E-state index contributed by atoms with van der Waals surface area (Å²) in [5.41, 5.74) is 3.05. The van der Waals surface area contributed by atoms with Gasteiger partial charge in [0, 0.05) is 11.8 Å². The van der Waals surface area contributed by atoms with E-state index in [1.807, 2.05) is 0 Å². The van der Waals surface area contributed by atoms with Crippen LogP contribution < -0.4 is 0 Å². The van der Waals surface area contributed by atoms with E-state index in [1.165, 1.54) is 24.3 Å². The number of phenols is 4. The van der Waals surface area contributed by atoms with Crippen LogP contribution in [0, 0.1) is 6.92 Å². The van der Waals surface area contributed by atoms with Crippen molar-refractivity contribution in [2.75, 3.05) is 0 Å². The third-order valence-electron chi connectivity index (χ3n) is 7.41. The number of fused-ring (bicyclic) bond motifs is 4. The Hall–Kier alpha value is -4.62. The molecule has 2 atom stereocenters. The van der Waals surface area contributed by atoms with Crippen molar-refractivity contribution in [1.29, 1.82) is 0 Å². The van der Waals surface area contributed by atoms with Gasteiger partial charge in [-0.25, -0.2) is 0 Å². The van der Waals surface area contributed by atoms with Gasteiger partial charge in [-0.15, -0.1) is 0 Å². The molecule has 2 aliphatic carbocycles. The molecule has 0 amide bonds. The molecule has 0 aliphatic heterocycles. The summed E-state index contributed by atoms with van der Waals surface area (Å²) in [4.78, 5) is 27.1. The largest absolute Gasteiger partial charge is 0.507 e. The Balaban J connectivity index is 1.77. The summed E-state index contributed by atoms with van der Waals surface area (Å²) in [6.45, 7) is 1.40. The van der Waals surface area contributed by atoms with Crippen molar-refractivity contribution < 1.29 is 35.1 Å². The van der Waals surface area contributed by atoms with E-state index in [9.17, 15) is 35.1 Å². The molecule has 0 saturated carbocycles. The normalized spacial score (nSPS) is 17.6. The fourth-order valence-corrected chi connectivity index (χ4v) is 6.01. The van der Waals surface area contributed by atoms with Crippen LogP contribution in [-0.4, -0.2) is 37.1 Å². The molecule has 6 rings (SSSR count). The highest BCUT2D eigenvalue weighted by atomic mass is 16.3. The zero-order valence-corrected chi connectivity index (χ0v) is 19.7. The van der Waals surface area contributed by atoms with Crippen molar-refractivity contribution in [3.8, 4) is 23.0 Å². The highest BCUT2D eigenvalue weighted by Crippen LogP contribution is 2.55. The van der Waals surface area contributed by atoms with Gasteiger partial charge in [0.25, 0.3) is 0 Å². The first-order chi connectivity index (χ1) is 17.7. The molecule has 5 N–H and O–H groups in total. The molecular formula is C30H22O7. The van der Waals surface area contributed by atoms with Gasteiger partial charge in [-0.1, -0.05) is 36.4 Å². The Bertz CT molecular complexity index is 1670. The zero-order chi connectivity index (χ0) is 26.2. The van der Waals surface area contributed by atoms with Crippen LogP contribution >= 0.6 is 0 Å². The smallest absolute Gasteiger partial charge is 0.201 e. The Morgan fingerprint density at radius 1 is 0.595 bits per heavy atom. The second-order valence-corrected chi connectivity index (χ2v) is 9.58. The minimum absolute atomic E-state index is 0.00627. The summed E-state index contributed by atoms with van der Waals surface area (Å²) in [5, 5.41) is 53.1. The van der Waals surface area contributed by atoms with Gasteiger partial charge in [0.15, 0.2) is 0 Å². The summed E-state index contributed by atoms with van der Waals surface area (Å²) >= 11 is 0. The number of aryl methyl sites for hydroxylation is 1. The van der Waals surface area contributed by atoms with Crippen molar-refractivity contribution in [2.45, 2.75) is 25.4 Å². The van der Waals surface area contributed by atoms with Gasteiger partial charge in [-0.05, 0) is 64.6 Å². The molecule has 0 unspecified atom stereocenters. The van der Waals surface area contributed by atoms with Crippen LogP contribution in [0.1, 0.15) is 77.1 Å². The molecule has 0 radical (unpaired) electrons. The summed E-state index contributed by atoms with van der Waals surface area (Å²) in [6, 6.07) is 15.7. The molecule has 0 bridgehead atoms. The number of ketones is 2. The predicted octanol–water partition coefficient (Wildman–Crippen LogP) is 4.36. The summed E-state index contributed by atoms with van der Waals surface area (Å²) in [5.74, 6) is -3.55. The molecular weight excluding hydrogens is 472 g/mol. The lowest BCUT2D eigenvalue weighted by Gasteiger charge is -2.38. The first-order valence-corrected chi connectivity index (χ1v) is 11.8. The lowest BCUT2D eigenvalue weighted by molar-refractivity contribution is 0.101. The van der Waals surface area contributed by atoms with Crippen LogP contribution in [0.3, 0.4) is 0 Å². The van der Waals surface area contributed by atoms with E-state index in [2.05, 4.69) is 0 Å². The maximum Gasteiger partial charge on any atom is 0.201 e. The molecule has 7 heteroatoms. The monoisotopic (exact) mass is 494 g/mol. The van der Waals surface area contributed by atoms with E-state index in [-0.39, 0.29) is 51.9 Å². The average molecular weight is 494 g/mol. The molecule has 0 spiro atoms. The van der Waals surface area contributed by atoms with Crippen molar-refractivity contribution >= 4 is 11.6 Å². The van der Waals surface area contributed by atoms with E-state index >= 15 is 0 Å². The van der Waals surface area contributed by atoms with Gasteiger partial charge in [0.1, 0.15) is 23.0 Å². The minimum atomic E-state index is -0.721. The maximum absolute atomic E-state index is 13.6. The number of hydrogen-bond donors (Lipinski definition) is 5. The first-order valence-electron chi connectivity index (χ1n) is 11.8. The van der Waals surface area contributed by atoms with Crippen LogP contribution in [0.5, 0.6) is 23.0 Å². The Morgan fingerprint density at radius 3 is 1.57 bits per heavy atom. The molecule has 4 aromatic carbocycles. The van der Waals surface area contributed by atoms with E-state index in [0.717, 1.165) is 0 Å². The number of phenolic OH excluding ortho intramolecular Hbond substituents is 4. The van der Waals surface area contributed by atoms with Crippen molar-refractivity contribution in [1.82, 2.24) is 0 Å². The topological polar surface area (TPSA) is 135 Å². The van der Waals surface area contributed by atoms with Gasteiger partial charge in [-0.2, -0.15) is 0 Å². The van der Waals surface area contributed by atoms with Crippen LogP contribution in [0.25, 0.3) is 0 Å². The fourth-order valence-electron chi connectivity index (χ4n) is 6.01. The van der Waals surface area contributed by atoms with Gasteiger partial charge >= 0.3 is 0 Å². The molecule has 4 aromatic rings. The fraction of sp³-hybridized carbons (Fsp3) is 0.133. The molecule has 0 saturated heterocycles. The standard InChI is InChI=1S/C30H22O7/c1-13-8-17-23(15-4-2-6-19(32)25(15)29(36)27(17)21(34)9-13)24-16-5-3-7-20(33)26(16)30(37)28-18(24)10-14(12-31)11-22(28)35/h2-11,23-24,31-35H,12H2,1H3/t23-,24-/m1/s1. The van der Waals surface area contributed by atoms with Crippen LogP contribution in [-0.2, 0) is 6.61 Å².